The summed E-state index contributed by atoms with van der Waals surface area (Å²) in [5.74, 6) is -3.47. The molecule has 0 bridgehead atoms. The first-order chi connectivity index (χ1) is 24.4. The zero-order valence-electron chi connectivity index (χ0n) is 27.1. The van der Waals surface area contributed by atoms with Gasteiger partial charge in [-0.1, -0.05) is 17.7 Å². The van der Waals surface area contributed by atoms with E-state index in [0.717, 1.165) is 37.6 Å². The van der Waals surface area contributed by atoms with Crippen molar-refractivity contribution in [2.45, 2.75) is 37.7 Å². The molecule has 6 rings (SSSR count). The van der Waals surface area contributed by atoms with E-state index < -0.39 is 35.7 Å². The Morgan fingerprint density at radius 3 is 2.65 bits per heavy atom. The predicted octanol–water partition coefficient (Wildman–Crippen LogP) is 6.19. The molecule has 2 aromatic heterocycles. The van der Waals surface area contributed by atoms with E-state index in [2.05, 4.69) is 29.6 Å². The van der Waals surface area contributed by atoms with E-state index in [1.54, 1.807) is 4.90 Å². The van der Waals surface area contributed by atoms with Gasteiger partial charge in [-0.3, -0.25) is 14.8 Å². The van der Waals surface area contributed by atoms with Crippen LogP contribution in [0.4, 0.5) is 27.8 Å². The molecule has 0 saturated carbocycles. The topological polar surface area (TPSA) is 121 Å². The molecule has 0 spiro atoms. The summed E-state index contributed by atoms with van der Waals surface area (Å²) in [5, 5.41) is 9.86. The van der Waals surface area contributed by atoms with Crippen LogP contribution < -0.4 is 14.4 Å². The third-order valence-corrected chi connectivity index (χ3v) is 8.97. The largest absolute Gasteiger partial charge is 0.573 e. The lowest BCUT2D eigenvalue weighted by Gasteiger charge is -2.41. The number of benzene rings is 2. The highest BCUT2D eigenvalue weighted by Gasteiger charge is 2.35. The maximum absolute atomic E-state index is 16.6. The van der Waals surface area contributed by atoms with Crippen molar-refractivity contribution in [2.75, 3.05) is 44.7 Å². The number of likely N-dealkylation sites (N-methyl/N-ethyl adjacent to an activating group) is 1. The van der Waals surface area contributed by atoms with E-state index >= 15 is 8.78 Å². The minimum atomic E-state index is -5.06. The number of piperazine rings is 1. The molecule has 4 aromatic rings. The lowest BCUT2D eigenvalue weighted by Crippen LogP contribution is -2.55. The molecule has 0 radical (unpaired) electrons. The molecule has 2 saturated heterocycles. The SMILES string of the molecule is CN1CCC[C@H]1COc1nc(N2CCN(C(=O)/C(F)=C/c3cnccn3)[C@@H](CC#N)C2)c2ccc(-c3cc(Cl)ccc3OC(F)(F)F)c(F)c2n1. The molecule has 2 fully saturated rings. The molecule has 1 amide bonds. The fourth-order valence-electron chi connectivity index (χ4n) is 6.24. The highest BCUT2D eigenvalue weighted by atomic mass is 35.5. The number of hydrogen-bond donors (Lipinski definition) is 0. The molecular formula is C34H30ClF5N8O3. The highest BCUT2D eigenvalue weighted by molar-refractivity contribution is 6.31. The first-order valence-corrected chi connectivity index (χ1v) is 16.2. The van der Waals surface area contributed by atoms with Crippen molar-refractivity contribution >= 4 is 40.3 Å². The van der Waals surface area contributed by atoms with Crippen LogP contribution in [0.2, 0.25) is 5.02 Å². The van der Waals surface area contributed by atoms with Gasteiger partial charge in [-0.15, -0.1) is 13.2 Å². The van der Waals surface area contributed by atoms with E-state index in [1.807, 2.05) is 13.1 Å². The Hall–Kier alpha value is -5.14. The monoisotopic (exact) mass is 728 g/mol. The molecule has 2 atom stereocenters. The second-order valence-corrected chi connectivity index (χ2v) is 12.4. The van der Waals surface area contributed by atoms with Crippen LogP contribution in [0.1, 0.15) is 25.0 Å². The summed E-state index contributed by atoms with van der Waals surface area (Å²) < 4.78 is 81.7. The zero-order chi connectivity index (χ0) is 36.3. The van der Waals surface area contributed by atoms with Crippen molar-refractivity contribution in [3.05, 3.63) is 71.3 Å². The minimum absolute atomic E-state index is 0.00979. The Kier molecular flexibility index (Phi) is 10.5. The van der Waals surface area contributed by atoms with E-state index in [4.69, 9.17) is 16.3 Å². The molecule has 4 heterocycles. The third kappa shape index (κ3) is 8.10. The number of hydrogen-bond acceptors (Lipinski definition) is 10. The number of anilines is 1. The molecule has 2 aromatic carbocycles. The standard InChI is InChI=1S/C34H30ClF5N8O3/c1-46-12-2-3-23(46)19-50-33-44-30-25(6-5-24(29(30)37)26-15-20(35)4-7-28(26)51-34(38,39)40)31(45-33)47-13-14-48(22(18-47)8-9-41)32(49)27(36)16-21-17-42-10-11-43-21/h4-7,10-11,15-17,22-23H,2-3,8,12-14,18-19H2,1H3/b27-16-/t22-,23-/m0/s1. The molecule has 11 nitrogen and oxygen atoms in total. The number of aromatic nitrogens is 4. The number of ether oxygens (including phenoxy) is 2. The fourth-order valence-corrected chi connectivity index (χ4v) is 6.41. The Labute approximate surface area is 293 Å². The quantitative estimate of drug-likeness (QED) is 0.146. The summed E-state index contributed by atoms with van der Waals surface area (Å²) in [6.07, 6.45) is 1.62. The zero-order valence-corrected chi connectivity index (χ0v) is 27.8. The summed E-state index contributed by atoms with van der Waals surface area (Å²) >= 11 is 6.11. The number of alkyl halides is 3. The summed E-state index contributed by atoms with van der Waals surface area (Å²) in [6.45, 7) is 1.15. The Balaban J connectivity index is 1.38. The molecule has 0 aliphatic carbocycles. The van der Waals surface area contributed by atoms with Crippen LogP contribution in [0.15, 0.2) is 54.7 Å². The molecule has 2 aliphatic heterocycles. The third-order valence-electron chi connectivity index (χ3n) is 8.73. The van der Waals surface area contributed by atoms with Crippen molar-refractivity contribution in [3.63, 3.8) is 0 Å². The van der Waals surface area contributed by atoms with Crippen molar-refractivity contribution in [3.8, 4) is 29.0 Å². The molecule has 0 unspecified atom stereocenters. The lowest BCUT2D eigenvalue weighted by atomic mass is 10.0. The van der Waals surface area contributed by atoms with E-state index in [9.17, 15) is 23.2 Å². The average Bonchev–Trinajstić information content (AvgIpc) is 3.52. The summed E-state index contributed by atoms with van der Waals surface area (Å²) in [6, 6.07) is 7.18. The Bertz CT molecular complexity index is 2000. The number of carbonyl (C=O) groups is 1. The van der Waals surface area contributed by atoms with Gasteiger partial charge in [0.1, 0.15) is 23.7 Å². The van der Waals surface area contributed by atoms with Gasteiger partial charge in [0.05, 0.1) is 30.4 Å². The van der Waals surface area contributed by atoms with Crippen molar-refractivity contribution in [1.82, 2.24) is 29.7 Å². The number of likely N-dealkylation sites (tertiary alicyclic amines) is 1. The van der Waals surface area contributed by atoms with Crippen molar-refractivity contribution in [2.24, 2.45) is 0 Å². The number of nitrogens with zero attached hydrogens (tertiary/aromatic N) is 8. The second kappa shape index (κ2) is 15.0. The van der Waals surface area contributed by atoms with Crippen LogP contribution in [0.25, 0.3) is 28.1 Å². The Morgan fingerprint density at radius 1 is 1.12 bits per heavy atom. The van der Waals surface area contributed by atoms with Gasteiger partial charge in [0, 0.05) is 65.7 Å². The van der Waals surface area contributed by atoms with E-state index in [0.29, 0.717) is 0 Å². The first-order valence-electron chi connectivity index (χ1n) is 15.9. The maximum atomic E-state index is 16.6. The smallest absolute Gasteiger partial charge is 0.462 e. The van der Waals surface area contributed by atoms with Gasteiger partial charge in [-0.05, 0) is 50.7 Å². The van der Waals surface area contributed by atoms with Crippen LogP contribution in [0, 0.1) is 17.1 Å². The van der Waals surface area contributed by atoms with Gasteiger partial charge in [0.25, 0.3) is 5.91 Å². The normalized spacial score (nSPS) is 18.6. The molecular weight excluding hydrogens is 699 g/mol. The predicted molar refractivity (Wildman–Crippen MR) is 177 cm³/mol. The maximum Gasteiger partial charge on any atom is 0.573 e. The molecule has 17 heteroatoms. The van der Waals surface area contributed by atoms with Crippen LogP contribution in [0.3, 0.4) is 0 Å². The number of halogens is 6. The molecule has 51 heavy (non-hydrogen) atoms. The van der Waals surface area contributed by atoms with Gasteiger partial charge < -0.3 is 24.2 Å². The summed E-state index contributed by atoms with van der Waals surface area (Å²) in [4.78, 5) is 35.1. The first kappa shape index (κ1) is 35.7. The molecule has 2 aliphatic rings. The van der Waals surface area contributed by atoms with Crippen LogP contribution in [-0.2, 0) is 4.79 Å². The van der Waals surface area contributed by atoms with Gasteiger partial charge in [-0.25, -0.2) is 8.78 Å². The number of fused-ring (bicyclic) bond motifs is 1. The number of rotatable bonds is 9. The van der Waals surface area contributed by atoms with E-state index in [1.165, 1.54) is 41.7 Å². The molecule has 266 valence electrons. The van der Waals surface area contributed by atoms with Crippen molar-refractivity contribution in [1.29, 1.82) is 5.26 Å². The second-order valence-electron chi connectivity index (χ2n) is 12.0. The van der Waals surface area contributed by atoms with Gasteiger partial charge in [-0.2, -0.15) is 15.2 Å². The van der Waals surface area contributed by atoms with E-state index in [-0.39, 0.29) is 83.3 Å². The fraction of sp³-hybridized carbons (Fsp3) is 0.353. The lowest BCUT2D eigenvalue weighted by molar-refractivity contribution is -0.274. The summed E-state index contributed by atoms with van der Waals surface area (Å²) in [7, 11) is 1.95. The van der Waals surface area contributed by atoms with Crippen LogP contribution in [-0.4, -0.2) is 93.9 Å². The van der Waals surface area contributed by atoms with Gasteiger partial charge in [0.15, 0.2) is 11.6 Å². The van der Waals surface area contributed by atoms with Crippen LogP contribution in [0.5, 0.6) is 11.8 Å². The van der Waals surface area contributed by atoms with Crippen molar-refractivity contribution < 1.29 is 36.2 Å². The van der Waals surface area contributed by atoms with Gasteiger partial charge in [0.2, 0.25) is 0 Å². The number of amides is 1. The molecule has 0 N–H and O–H groups in total. The van der Waals surface area contributed by atoms with Gasteiger partial charge >= 0.3 is 12.4 Å². The number of nitriles is 1. The highest BCUT2D eigenvalue weighted by Crippen LogP contribution is 2.40. The minimum Gasteiger partial charge on any atom is -0.462 e. The van der Waals surface area contributed by atoms with Crippen LogP contribution >= 0.6 is 11.6 Å². The summed E-state index contributed by atoms with van der Waals surface area (Å²) in [5.41, 5.74) is -0.636. The number of carbonyl (C=O) groups excluding carboxylic acids is 1. The Morgan fingerprint density at radius 2 is 1.94 bits per heavy atom. The average molecular weight is 729 g/mol.